The lowest BCUT2D eigenvalue weighted by Gasteiger charge is -2.21. The number of hydrogen-bond donors (Lipinski definition) is 2. The number of benzene rings is 1. The molecule has 19 heavy (non-hydrogen) atoms. The van der Waals surface area contributed by atoms with Crippen LogP contribution in [-0.4, -0.2) is 27.0 Å². The molecule has 0 fully saturated rings. The van der Waals surface area contributed by atoms with Crippen LogP contribution in [0.1, 0.15) is 20.3 Å². The van der Waals surface area contributed by atoms with Crippen molar-refractivity contribution in [2.75, 3.05) is 6.61 Å². The lowest BCUT2D eigenvalue weighted by Crippen LogP contribution is -2.41. The molecule has 7 nitrogen and oxygen atoms in total. The van der Waals surface area contributed by atoms with Gasteiger partial charge in [-0.15, -0.1) is 0 Å². The molecule has 7 heteroatoms. The molecule has 3 N–H and O–H groups in total. The van der Waals surface area contributed by atoms with Gasteiger partial charge in [0.05, 0.1) is 16.0 Å². The number of nitro benzene ring substituents is 1. The average molecular weight is 264 g/mol. The summed E-state index contributed by atoms with van der Waals surface area (Å²) in [7, 11) is 0. The summed E-state index contributed by atoms with van der Waals surface area (Å²) in [5.41, 5.74) is 6.74. The Morgan fingerprint density at radius 1 is 1.58 bits per heavy atom. The third kappa shape index (κ3) is 3.00. The number of aromatic nitrogens is 2. The summed E-state index contributed by atoms with van der Waals surface area (Å²) in [4.78, 5) is 17.3. The molecule has 0 aliphatic heterocycles. The first kappa shape index (κ1) is 13.3. The number of imidazole rings is 1. The van der Waals surface area contributed by atoms with Crippen molar-refractivity contribution in [3.8, 4) is 6.01 Å². The average Bonchev–Trinajstić information content (AvgIpc) is 2.78. The number of H-pyrrole nitrogens is 1. The fourth-order valence-corrected chi connectivity index (χ4v) is 1.49. The maximum Gasteiger partial charge on any atom is 0.294 e. The van der Waals surface area contributed by atoms with Gasteiger partial charge in [-0.2, -0.15) is 4.98 Å². The van der Waals surface area contributed by atoms with E-state index in [1.54, 1.807) is 6.07 Å². The largest absolute Gasteiger partial charge is 0.463 e. The second-order valence-electron chi connectivity index (χ2n) is 4.80. The van der Waals surface area contributed by atoms with Crippen LogP contribution in [0.25, 0.3) is 11.0 Å². The van der Waals surface area contributed by atoms with Crippen LogP contribution < -0.4 is 10.5 Å². The van der Waals surface area contributed by atoms with E-state index in [4.69, 9.17) is 10.5 Å². The Bertz CT molecular complexity index is 606. The van der Waals surface area contributed by atoms with Crippen LogP contribution in [0.5, 0.6) is 6.01 Å². The normalized spacial score (nSPS) is 14.3. The molecule has 0 saturated carbocycles. The summed E-state index contributed by atoms with van der Waals surface area (Å²) in [6.07, 6.45) is 0.776. The van der Waals surface area contributed by atoms with Crippen LogP contribution in [0.3, 0.4) is 0 Å². The van der Waals surface area contributed by atoms with Crippen molar-refractivity contribution in [1.29, 1.82) is 0 Å². The SMILES string of the molecule is CCC(C)(N)COc1nc2ccc([N+](=O)[O-])cc2[nH]1. The molecule has 0 aliphatic rings. The summed E-state index contributed by atoms with van der Waals surface area (Å²) in [5, 5.41) is 10.7. The Kier molecular flexibility index (Phi) is 3.39. The number of hydrogen-bond acceptors (Lipinski definition) is 5. The Morgan fingerprint density at radius 2 is 2.32 bits per heavy atom. The summed E-state index contributed by atoms with van der Waals surface area (Å²) in [6.45, 7) is 4.19. The Morgan fingerprint density at radius 3 is 2.95 bits per heavy atom. The molecule has 1 heterocycles. The first-order valence-electron chi connectivity index (χ1n) is 5.97. The second kappa shape index (κ2) is 4.85. The quantitative estimate of drug-likeness (QED) is 0.634. The van der Waals surface area contributed by atoms with E-state index in [1.807, 2.05) is 13.8 Å². The zero-order chi connectivity index (χ0) is 14.0. The van der Waals surface area contributed by atoms with Crippen molar-refractivity contribution in [2.45, 2.75) is 25.8 Å². The molecule has 2 rings (SSSR count). The van der Waals surface area contributed by atoms with E-state index in [2.05, 4.69) is 9.97 Å². The number of nitrogens with zero attached hydrogens (tertiary/aromatic N) is 2. The molecule has 1 aromatic carbocycles. The van der Waals surface area contributed by atoms with Gasteiger partial charge < -0.3 is 15.5 Å². The van der Waals surface area contributed by atoms with E-state index >= 15 is 0 Å². The maximum atomic E-state index is 10.7. The molecule has 0 spiro atoms. The van der Waals surface area contributed by atoms with Gasteiger partial charge in [0.2, 0.25) is 0 Å². The van der Waals surface area contributed by atoms with E-state index < -0.39 is 10.5 Å². The summed E-state index contributed by atoms with van der Waals surface area (Å²) >= 11 is 0. The fourth-order valence-electron chi connectivity index (χ4n) is 1.49. The molecule has 1 unspecified atom stereocenters. The number of nitrogens with one attached hydrogen (secondary N) is 1. The molecule has 0 radical (unpaired) electrons. The number of ether oxygens (including phenoxy) is 1. The highest BCUT2D eigenvalue weighted by molar-refractivity contribution is 5.78. The van der Waals surface area contributed by atoms with Crippen LogP contribution in [0.15, 0.2) is 18.2 Å². The lowest BCUT2D eigenvalue weighted by atomic mass is 10.0. The molecule has 1 atom stereocenters. The van der Waals surface area contributed by atoms with Gasteiger partial charge in [-0.25, -0.2) is 0 Å². The molecule has 0 aliphatic carbocycles. The highest BCUT2D eigenvalue weighted by Gasteiger charge is 2.18. The molecule has 0 saturated heterocycles. The highest BCUT2D eigenvalue weighted by Crippen LogP contribution is 2.21. The van der Waals surface area contributed by atoms with Crippen LogP contribution in [0.4, 0.5) is 5.69 Å². The fraction of sp³-hybridized carbons (Fsp3) is 0.417. The van der Waals surface area contributed by atoms with Gasteiger partial charge >= 0.3 is 0 Å². The predicted molar refractivity (Wildman–Crippen MR) is 71.1 cm³/mol. The minimum Gasteiger partial charge on any atom is -0.463 e. The molecular formula is C12H16N4O3. The van der Waals surface area contributed by atoms with E-state index in [9.17, 15) is 10.1 Å². The van der Waals surface area contributed by atoms with Crippen molar-refractivity contribution in [3.05, 3.63) is 28.3 Å². The second-order valence-corrected chi connectivity index (χ2v) is 4.80. The molecule has 1 aromatic heterocycles. The van der Waals surface area contributed by atoms with Crippen LogP contribution in [0.2, 0.25) is 0 Å². The molecular weight excluding hydrogens is 248 g/mol. The van der Waals surface area contributed by atoms with Gasteiger partial charge in [-0.05, 0) is 19.4 Å². The number of aromatic amines is 1. The number of nitrogens with two attached hydrogens (primary N) is 1. The minimum atomic E-state index is -0.450. The third-order valence-electron chi connectivity index (χ3n) is 3.00. The number of nitro groups is 1. The van der Waals surface area contributed by atoms with Crippen molar-refractivity contribution >= 4 is 16.7 Å². The summed E-state index contributed by atoms with van der Waals surface area (Å²) in [6, 6.07) is 4.74. The van der Waals surface area contributed by atoms with Crippen molar-refractivity contribution in [3.63, 3.8) is 0 Å². The van der Waals surface area contributed by atoms with Crippen molar-refractivity contribution in [2.24, 2.45) is 5.73 Å². The smallest absolute Gasteiger partial charge is 0.294 e. The van der Waals surface area contributed by atoms with Crippen LogP contribution >= 0.6 is 0 Å². The van der Waals surface area contributed by atoms with Crippen LogP contribution in [0, 0.1) is 10.1 Å². The molecule has 2 aromatic rings. The Labute approximate surface area is 109 Å². The van der Waals surface area contributed by atoms with Gasteiger partial charge in [0.25, 0.3) is 11.7 Å². The van der Waals surface area contributed by atoms with Crippen molar-refractivity contribution in [1.82, 2.24) is 9.97 Å². The van der Waals surface area contributed by atoms with Crippen molar-refractivity contribution < 1.29 is 9.66 Å². The lowest BCUT2D eigenvalue weighted by molar-refractivity contribution is -0.384. The minimum absolute atomic E-state index is 0.0138. The molecule has 0 bridgehead atoms. The van der Waals surface area contributed by atoms with E-state index in [1.165, 1.54) is 12.1 Å². The maximum absolute atomic E-state index is 10.7. The zero-order valence-electron chi connectivity index (χ0n) is 10.8. The van der Waals surface area contributed by atoms with Gasteiger partial charge in [0.15, 0.2) is 0 Å². The first-order chi connectivity index (χ1) is 8.91. The van der Waals surface area contributed by atoms with E-state index in [0.29, 0.717) is 23.7 Å². The zero-order valence-corrected chi connectivity index (χ0v) is 10.8. The topological polar surface area (TPSA) is 107 Å². The van der Waals surface area contributed by atoms with Crippen LogP contribution in [-0.2, 0) is 0 Å². The Balaban J connectivity index is 2.20. The molecule has 0 amide bonds. The van der Waals surface area contributed by atoms with Gasteiger partial charge in [-0.3, -0.25) is 10.1 Å². The summed E-state index contributed by atoms with van der Waals surface area (Å²) in [5.74, 6) is 0. The first-order valence-corrected chi connectivity index (χ1v) is 5.97. The predicted octanol–water partition coefficient (Wildman–Crippen LogP) is 1.98. The van der Waals surface area contributed by atoms with E-state index in [-0.39, 0.29) is 5.69 Å². The van der Waals surface area contributed by atoms with E-state index in [0.717, 1.165) is 6.42 Å². The number of rotatable bonds is 5. The number of non-ortho nitro benzene ring substituents is 1. The number of fused-ring (bicyclic) bond motifs is 1. The van der Waals surface area contributed by atoms with Gasteiger partial charge in [0, 0.05) is 17.7 Å². The molecule has 102 valence electrons. The van der Waals surface area contributed by atoms with Gasteiger partial charge in [-0.1, -0.05) is 6.92 Å². The standard InChI is InChI=1S/C12H16N4O3/c1-3-12(2,13)7-19-11-14-9-5-4-8(16(17)18)6-10(9)15-11/h4-6H,3,7,13H2,1-2H3,(H,14,15). The Hall–Kier alpha value is -2.15. The monoisotopic (exact) mass is 264 g/mol. The van der Waals surface area contributed by atoms with Gasteiger partial charge in [0.1, 0.15) is 6.61 Å². The highest BCUT2D eigenvalue weighted by atomic mass is 16.6. The summed E-state index contributed by atoms with van der Waals surface area (Å²) < 4.78 is 5.49. The third-order valence-corrected chi connectivity index (χ3v) is 3.00.